The molecule has 0 aliphatic carbocycles. The Morgan fingerprint density at radius 3 is 2.89 bits per heavy atom. The van der Waals surface area contributed by atoms with Crippen molar-refractivity contribution < 1.29 is 14.3 Å². The minimum absolute atomic E-state index is 0.0806. The lowest BCUT2D eigenvalue weighted by Crippen LogP contribution is -2.49. The quantitative estimate of drug-likeness (QED) is 0.841. The van der Waals surface area contributed by atoms with Crippen LogP contribution in [0.2, 0.25) is 0 Å². The van der Waals surface area contributed by atoms with E-state index in [4.69, 9.17) is 9.47 Å². The Kier molecular flexibility index (Phi) is 6.47. The Morgan fingerprint density at radius 1 is 1.37 bits per heavy atom. The number of fused-ring (bicyclic) bond motifs is 1. The molecule has 1 aromatic heterocycles. The van der Waals surface area contributed by atoms with E-state index in [2.05, 4.69) is 22.1 Å². The highest BCUT2D eigenvalue weighted by Gasteiger charge is 2.19. The first-order chi connectivity index (χ1) is 13.1. The van der Waals surface area contributed by atoms with E-state index < -0.39 is 0 Å². The van der Waals surface area contributed by atoms with E-state index in [1.54, 1.807) is 25.3 Å². The van der Waals surface area contributed by atoms with Crippen LogP contribution in [0.4, 0.5) is 4.79 Å². The van der Waals surface area contributed by atoms with Crippen LogP contribution < -0.4 is 10.1 Å². The number of nitrogens with zero attached hydrogens (tertiary/aromatic N) is 3. The summed E-state index contributed by atoms with van der Waals surface area (Å²) in [4.78, 5) is 21.0. The zero-order chi connectivity index (χ0) is 19.2. The van der Waals surface area contributed by atoms with Gasteiger partial charge in [-0.15, -0.1) is 0 Å². The molecule has 27 heavy (non-hydrogen) atoms. The SMILES string of the molecule is COc1ccc(CN(C)C(=O)NC[C@H](C)N2CCOCC2)c2cccnc12. The van der Waals surface area contributed by atoms with Gasteiger partial charge in [0.15, 0.2) is 0 Å². The highest BCUT2D eigenvalue weighted by atomic mass is 16.5. The molecule has 1 aliphatic rings. The number of aromatic nitrogens is 1. The Bertz CT molecular complexity index is 777. The van der Waals surface area contributed by atoms with Crippen molar-refractivity contribution >= 4 is 16.9 Å². The smallest absolute Gasteiger partial charge is 0.317 e. The second kappa shape index (κ2) is 9.01. The molecule has 1 N–H and O–H groups in total. The summed E-state index contributed by atoms with van der Waals surface area (Å²) in [5.41, 5.74) is 1.85. The van der Waals surface area contributed by atoms with Gasteiger partial charge >= 0.3 is 6.03 Å². The first-order valence-corrected chi connectivity index (χ1v) is 9.31. The van der Waals surface area contributed by atoms with Crippen molar-refractivity contribution in [2.75, 3.05) is 47.0 Å². The van der Waals surface area contributed by atoms with Crippen molar-refractivity contribution in [3.8, 4) is 5.75 Å². The Morgan fingerprint density at radius 2 is 2.15 bits per heavy atom. The van der Waals surface area contributed by atoms with Gasteiger partial charge in [0.2, 0.25) is 0 Å². The van der Waals surface area contributed by atoms with Gasteiger partial charge < -0.3 is 19.7 Å². The number of carbonyl (C=O) groups excluding carboxylic acids is 1. The van der Waals surface area contributed by atoms with Gasteiger partial charge in [0.1, 0.15) is 11.3 Å². The molecule has 0 saturated carbocycles. The number of hydrogen-bond donors (Lipinski definition) is 1. The standard InChI is InChI=1S/C20H28N4O3/c1-15(24-9-11-27-12-10-24)13-22-20(25)23(2)14-16-6-7-18(26-3)19-17(16)5-4-8-21-19/h4-8,15H,9-14H2,1-3H3,(H,22,25)/t15-/m0/s1. The molecular formula is C20H28N4O3. The summed E-state index contributed by atoms with van der Waals surface area (Å²) in [7, 11) is 3.44. The number of methoxy groups -OCH3 is 1. The number of nitrogens with one attached hydrogen (secondary N) is 1. The molecular weight excluding hydrogens is 344 g/mol. The van der Waals surface area contributed by atoms with E-state index in [1.807, 2.05) is 24.3 Å². The van der Waals surface area contributed by atoms with Gasteiger partial charge in [-0.05, 0) is 24.6 Å². The molecule has 2 aromatic rings. The predicted molar refractivity (Wildman–Crippen MR) is 105 cm³/mol. The molecule has 7 heteroatoms. The maximum atomic E-state index is 12.5. The summed E-state index contributed by atoms with van der Waals surface area (Å²) in [6.07, 6.45) is 1.75. The van der Waals surface area contributed by atoms with Crippen LogP contribution in [0, 0.1) is 0 Å². The zero-order valence-corrected chi connectivity index (χ0v) is 16.3. The molecule has 0 bridgehead atoms. The van der Waals surface area contributed by atoms with Gasteiger partial charge in [0.05, 0.1) is 20.3 Å². The maximum Gasteiger partial charge on any atom is 0.317 e. The van der Waals surface area contributed by atoms with Crippen LogP contribution in [0.15, 0.2) is 30.5 Å². The van der Waals surface area contributed by atoms with Gasteiger partial charge in [0.25, 0.3) is 0 Å². The molecule has 1 aliphatic heterocycles. The Balaban J connectivity index is 1.60. The number of morpholine rings is 1. The van der Waals surface area contributed by atoms with E-state index in [9.17, 15) is 4.79 Å². The maximum absolute atomic E-state index is 12.5. The molecule has 1 saturated heterocycles. The van der Waals surface area contributed by atoms with E-state index in [-0.39, 0.29) is 12.1 Å². The van der Waals surface area contributed by atoms with Crippen LogP contribution in [0.5, 0.6) is 5.75 Å². The number of pyridine rings is 1. The van der Waals surface area contributed by atoms with Gasteiger partial charge in [-0.25, -0.2) is 4.79 Å². The Hall–Kier alpha value is -2.38. The molecule has 2 heterocycles. The van der Waals surface area contributed by atoms with Gasteiger partial charge in [-0.2, -0.15) is 0 Å². The molecule has 146 valence electrons. The molecule has 3 rings (SSSR count). The van der Waals surface area contributed by atoms with Crippen LogP contribution in [0.1, 0.15) is 12.5 Å². The molecule has 1 atom stereocenters. The first kappa shape index (κ1) is 19.4. The average molecular weight is 372 g/mol. The van der Waals surface area contributed by atoms with Gasteiger partial charge in [-0.1, -0.05) is 12.1 Å². The van der Waals surface area contributed by atoms with Gasteiger partial charge in [-0.3, -0.25) is 9.88 Å². The van der Waals surface area contributed by atoms with Crippen LogP contribution in [0.3, 0.4) is 0 Å². The van der Waals surface area contributed by atoms with Crippen molar-refractivity contribution in [3.63, 3.8) is 0 Å². The lowest BCUT2D eigenvalue weighted by Gasteiger charge is -2.32. The second-order valence-electron chi connectivity index (χ2n) is 6.87. The van der Waals surface area contributed by atoms with Crippen molar-refractivity contribution in [1.82, 2.24) is 20.1 Å². The number of carbonyl (C=O) groups is 1. The summed E-state index contributed by atoms with van der Waals surface area (Å²) in [6.45, 7) is 6.61. The lowest BCUT2D eigenvalue weighted by atomic mass is 10.1. The third-order valence-corrected chi connectivity index (χ3v) is 5.01. The van der Waals surface area contributed by atoms with Gasteiger partial charge in [0, 0.05) is 50.9 Å². The molecule has 0 spiro atoms. The molecule has 2 amide bonds. The normalized spacial score (nSPS) is 16.1. The monoisotopic (exact) mass is 372 g/mol. The van der Waals surface area contributed by atoms with Crippen LogP contribution in [-0.4, -0.2) is 73.9 Å². The number of hydrogen-bond acceptors (Lipinski definition) is 5. The number of benzene rings is 1. The predicted octanol–water partition coefficient (Wildman–Crippen LogP) is 2.11. The summed E-state index contributed by atoms with van der Waals surface area (Å²) < 4.78 is 10.8. The molecule has 7 nitrogen and oxygen atoms in total. The van der Waals surface area contributed by atoms with E-state index in [0.717, 1.165) is 48.5 Å². The average Bonchev–Trinajstić information content (AvgIpc) is 2.72. The fourth-order valence-corrected chi connectivity index (χ4v) is 3.35. The van der Waals surface area contributed by atoms with E-state index in [1.165, 1.54) is 0 Å². The lowest BCUT2D eigenvalue weighted by molar-refractivity contribution is 0.0207. The number of rotatable bonds is 6. The number of amides is 2. The summed E-state index contributed by atoms with van der Waals surface area (Å²) in [5.74, 6) is 0.737. The number of urea groups is 1. The van der Waals surface area contributed by atoms with E-state index >= 15 is 0 Å². The summed E-state index contributed by atoms with van der Waals surface area (Å²) >= 11 is 0. The molecule has 0 unspecified atom stereocenters. The largest absolute Gasteiger partial charge is 0.494 e. The highest BCUT2D eigenvalue weighted by molar-refractivity contribution is 5.87. The topological polar surface area (TPSA) is 66.9 Å². The fourth-order valence-electron chi connectivity index (χ4n) is 3.35. The van der Waals surface area contributed by atoms with E-state index in [0.29, 0.717) is 13.1 Å². The zero-order valence-electron chi connectivity index (χ0n) is 16.3. The van der Waals surface area contributed by atoms with Crippen molar-refractivity contribution in [2.45, 2.75) is 19.5 Å². The minimum Gasteiger partial charge on any atom is -0.494 e. The van der Waals surface area contributed by atoms with Crippen molar-refractivity contribution in [2.24, 2.45) is 0 Å². The second-order valence-corrected chi connectivity index (χ2v) is 6.87. The third kappa shape index (κ3) is 4.67. The van der Waals surface area contributed by atoms with Crippen LogP contribution >= 0.6 is 0 Å². The molecule has 1 aromatic carbocycles. The summed E-state index contributed by atoms with van der Waals surface area (Å²) in [5, 5.41) is 4.03. The molecule has 0 radical (unpaired) electrons. The summed E-state index contributed by atoms with van der Waals surface area (Å²) in [6, 6.07) is 8.00. The Labute approximate surface area is 160 Å². The number of ether oxygens (including phenoxy) is 2. The van der Waals surface area contributed by atoms with Crippen LogP contribution in [-0.2, 0) is 11.3 Å². The fraction of sp³-hybridized carbons (Fsp3) is 0.500. The van der Waals surface area contributed by atoms with Crippen LogP contribution in [0.25, 0.3) is 10.9 Å². The third-order valence-electron chi connectivity index (χ3n) is 5.01. The minimum atomic E-state index is -0.0806. The first-order valence-electron chi connectivity index (χ1n) is 9.31. The molecule has 1 fully saturated rings. The van der Waals surface area contributed by atoms with Crippen molar-refractivity contribution in [1.29, 1.82) is 0 Å². The van der Waals surface area contributed by atoms with Crippen molar-refractivity contribution in [3.05, 3.63) is 36.0 Å². The highest BCUT2D eigenvalue weighted by Crippen LogP contribution is 2.27.